The van der Waals surface area contributed by atoms with Crippen LogP contribution in [0.1, 0.15) is 188 Å². The summed E-state index contributed by atoms with van der Waals surface area (Å²) in [6.45, 7) is 43.4. The maximum Gasteiger partial charge on any atom is 0.254 e. The van der Waals surface area contributed by atoms with Gasteiger partial charge in [-0.2, -0.15) is 0 Å². The van der Waals surface area contributed by atoms with Crippen molar-refractivity contribution in [1.29, 1.82) is 0 Å². The highest BCUT2D eigenvalue weighted by Gasteiger charge is 2.50. The molecule has 6 aromatic carbocycles. The first-order valence-corrected chi connectivity index (χ1v) is 27.7. The molecule has 0 bridgehead atoms. The molecule has 0 atom stereocenters. The molecule has 4 aliphatic rings. The SMILES string of the molecule is Cc1cc2c3c(c1)N(c1ccc(C(C)(C)C)cc1)c1c(ccc4c1C(C)(C)CCC4(C)C)B3c1c(sc3ccc(C(C)(C)C)cc13)N2c1ccc(C(C)(C)C)cc1-c1ccc2c(c1)C(C)(C)CCC2(C)C. The molecule has 11 rings (SSSR count). The molecule has 0 spiro atoms. The zero-order chi connectivity index (χ0) is 50.9. The number of hydrogen-bond donors (Lipinski definition) is 0. The van der Waals surface area contributed by atoms with Gasteiger partial charge in [0.05, 0.1) is 10.7 Å². The van der Waals surface area contributed by atoms with Crippen molar-refractivity contribution in [3.8, 4) is 11.1 Å². The Bertz CT molecular complexity index is 3330. The lowest BCUT2D eigenvalue weighted by atomic mass is 9.33. The van der Waals surface area contributed by atoms with Gasteiger partial charge in [0.1, 0.15) is 0 Å². The predicted molar refractivity (Wildman–Crippen MR) is 313 cm³/mol. The summed E-state index contributed by atoms with van der Waals surface area (Å²) in [7, 11) is 0. The van der Waals surface area contributed by atoms with Crippen LogP contribution < -0.4 is 26.2 Å². The summed E-state index contributed by atoms with van der Waals surface area (Å²) in [5.41, 5.74) is 25.1. The molecular weight excluding hydrogens is 876 g/mol. The molecular formula is C67H79BN2S. The molecule has 4 heteroatoms. The van der Waals surface area contributed by atoms with E-state index in [2.05, 4.69) is 238 Å². The third kappa shape index (κ3) is 7.52. The van der Waals surface area contributed by atoms with Crippen LogP contribution in [0, 0.1) is 6.92 Å². The Morgan fingerprint density at radius 1 is 0.479 bits per heavy atom. The van der Waals surface area contributed by atoms with Gasteiger partial charge in [-0.15, -0.1) is 11.3 Å². The van der Waals surface area contributed by atoms with Gasteiger partial charge in [0.2, 0.25) is 0 Å². The van der Waals surface area contributed by atoms with Gasteiger partial charge in [-0.3, -0.25) is 0 Å². The summed E-state index contributed by atoms with van der Waals surface area (Å²) < 4.78 is 1.35. The fourth-order valence-corrected chi connectivity index (χ4v) is 14.4. The molecule has 0 unspecified atom stereocenters. The van der Waals surface area contributed by atoms with Crippen molar-refractivity contribution >= 4 is 78.0 Å². The Morgan fingerprint density at radius 2 is 1.01 bits per heavy atom. The molecule has 2 aliphatic heterocycles. The molecule has 2 aliphatic carbocycles. The fraction of sp³-hybridized carbons (Fsp3) is 0.433. The average molecular weight is 955 g/mol. The largest absolute Gasteiger partial charge is 0.311 e. The number of benzene rings is 6. The van der Waals surface area contributed by atoms with Crippen molar-refractivity contribution in [3.63, 3.8) is 0 Å². The van der Waals surface area contributed by atoms with Crippen molar-refractivity contribution in [1.82, 2.24) is 0 Å². The lowest BCUT2D eigenvalue weighted by molar-refractivity contribution is 0.332. The summed E-state index contributed by atoms with van der Waals surface area (Å²) in [6.07, 6.45) is 4.71. The van der Waals surface area contributed by atoms with Crippen molar-refractivity contribution in [3.05, 3.63) is 148 Å². The Balaban J connectivity index is 1.28. The Labute approximate surface area is 432 Å². The maximum absolute atomic E-state index is 2.73. The molecule has 3 heterocycles. The Kier molecular flexibility index (Phi) is 10.5. The standard InChI is InChI=1S/C67H79BN2S/c1-40-35-53-58-54(36-40)70(52-29-22-43(62(5,6)7)38-46(52)41-19-26-48-50(37-41)66(15,16)32-31-64(48,11)12)60-57(47-39-44(63(8,9)10)23-30-55(47)71-60)68(58)51-28-27-49-56(67(17,18)34-33-65(49,13)14)59(51)69(53)45-24-20-42(21-25-45)61(2,3)4/h19-30,35-39H,31-34H2,1-18H3. The monoisotopic (exact) mass is 955 g/mol. The van der Waals surface area contributed by atoms with Crippen LogP contribution in [0.15, 0.2) is 103 Å². The second kappa shape index (κ2) is 15.5. The molecule has 0 amide bonds. The predicted octanol–water partition coefficient (Wildman–Crippen LogP) is 17.5. The van der Waals surface area contributed by atoms with Crippen LogP contribution in [0.2, 0.25) is 0 Å². The van der Waals surface area contributed by atoms with Gasteiger partial charge in [-0.25, -0.2) is 0 Å². The molecule has 0 radical (unpaired) electrons. The number of thiophene rings is 1. The summed E-state index contributed by atoms with van der Waals surface area (Å²) in [5.74, 6) is 0. The van der Waals surface area contributed by atoms with E-state index < -0.39 is 0 Å². The van der Waals surface area contributed by atoms with Crippen LogP contribution in [-0.4, -0.2) is 6.71 Å². The summed E-state index contributed by atoms with van der Waals surface area (Å²) in [5, 5.41) is 2.73. The summed E-state index contributed by atoms with van der Waals surface area (Å²) >= 11 is 1.99. The van der Waals surface area contributed by atoms with E-state index in [0.717, 1.165) is 6.42 Å². The van der Waals surface area contributed by atoms with E-state index in [1.54, 1.807) is 0 Å². The molecule has 7 aromatic rings. The second-order valence-electron chi connectivity index (χ2n) is 28.1. The van der Waals surface area contributed by atoms with Gasteiger partial charge in [-0.1, -0.05) is 178 Å². The van der Waals surface area contributed by atoms with E-state index in [0.29, 0.717) is 0 Å². The fourth-order valence-electron chi connectivity index (χ4n) is 13.1. The minimum atomic E-state index is -0.0292. The van der Waals surface area contributed by atoms with Gasteiger partial charge in [0.25, 0.3) is 6.71 Å². The lowest BCUT2D eigenvalue weighted by Crippen LogP contribution is -2.61. The quantitative estimate of drug-likeness (QED) is 0.163. The normalized spacial score (nSPS) is 18.4. The van der Waals surface area contributed by atoms with Gasteiger partial charge < -0.3 is 9.80 Å². The number of anilines is 6. The summed E-state index contributed by atoms with van der Waals surface area (Å²) in [6, 6.07) is 42.2. The highest BCUT2D eigenvalue weighted by molar-refractivity contribution is 7.26. The van der Waals surface area contributed by atoms with Gasteiger partial charge in [0.15, 0.2) is 0 Å². The van der Waals surface area contributed by atoms with Gasteiger partial charge in [0, 0.05) is 33.0 Å². The van der Waals surface area contributed by atoms with E-state index in [1.807, 2.05) is 11.3 Å². The molecule has 0 fully saturated rings. The number of fused-ring (bicyclic) bond motifs is 9. The van der Waals surface area contributed by atoms with Crippen LogP contribution >= 0.6 is 11.3 Å². The topological polar surface area (TPSA) is 6.48 Å². The van der Waals surface area contributed by atoms with Crippen LogP contribution in [0.25, 0.3) is 21.2 Å². The Morgan fingerprint density at radius 3 is 1.65 bits per heavy atom. The smallest absolute Gasteiger partial charge is 0.254 e. The number of aryl methyl sites for hydroxylation is 1. The van der Waals surface area contributed by atoms with E-state index in [4.69, 9.17) is 0 Å². The first-order valence-electron chi connectivity index (χ1n) is 26.9. The Hall–Kier alpha value is -5.06. The van der Waals surface area contributed by atoms with Crippen LogP contribution in [0.5, 0.6) is 0 Å². The third-order valence-electron chi connectivity index (χ3n) is 17.9. The van der Waals surface area contributed by atoms with Gasteiger partial charge >= 0.3 is 0 Å². The highest BCUT2D eigenvalue weighted by Crippen LogP contribution is 2.56. The zero-order valence-electron chi connectivity index (χ0n) is 46.5. The lowest BCUT2D eigenvalue weighted by Gasteiger charge is -2.49. The molecule has 0 N–H and O–H groups in total. The van der Waals surface area contributed by atoms with Crippen LogP contribution in [-0.2, 0) is 37.9 Å². The number of hydrogen-bond acceptors (Lipinski definition) is 3. The van der Waals surface area contributed by atoms with E-state index in [1.165, 1.54) is 135 Å². The average Bonchev–Trinajstić information content (AvgIpc) is 3.66. The molecule has 1 aromatic heterocycles. The molecule has 71 heavy (non-hydrogen) atoms. The summed E-state index contributed by atoms with van der Waals surface area (Å²) in [4.78, 5) is 5.45. The zero-order valence-corrected chi connectivity index (χ0v) is 47.3. The van der Waals surface area contributed by atoms with E-state index >= 15 is 0 Å². The minimum absolute atomic E-state index is 0.00252. The first-order chi connectivity index (χ1) is 33.0. The van der Waals surface area contributed by atoms with Gasteiger partial charge in [-0.05, 0) is 185 Å². The first kappa shape index (κ1) is 48.2. The number of rotatable bonds is 3. The van der Waals surface area contributed by atoms with Crippen molar-refractivity contribution in [2.45, 2.75) is 188 Å². The minimum Gasteiger partial charge on any atom is -0.311 e. The molecule has 0 saturated heterocycles. The van der Waals surface area contributed by atoms with Crippen molar-refractivity contribution < 1.29 is 0 Å². The molecule has 366 valence electrons. The maximum atomic E-state index is 2.73. The molecule has 0 saturated carbocycles. The van der Waals surface area contributed by atoms with Crippen molar-refractivity contribution in [2.24, 2.45) is 0 Å². The number of nitrogens with zero attached hydrogens (tertiary/aromatic N) is 2. The van der Waals surface area contributed by atoms with Crippen molar-refractivity contribution in [2.75, 3.05) is 9.80 Å². The van der Waals surface area contributed by atoms with Crippen LogP contribution in [0.3, 0.4) is 0 Å². The van der Waals surface area contributed by atoms with E-state index in [-0.39, 0.29) is 44.6 Å². The molecule has 2 nitrogen and oxygen atoms in total. The van der Waals surface area contributed by atoms with Crippen LogP contribution in [0.4, 0.5) is 33.4 Å². The highest BCUT2D eigenvalue weighted by atomic mass is 32.1. The second-order valence-corrected chi connectivity index (χ2v) is 29.1. The third-order valence-corrected chi connectivity index (χ3v) is 19.1. The van der Waals surface area contributed by atoms with E-state index in [9.17, 15) is 0 Å².